The minimum atomic E-state index is -0.681. The van der Waals surface area contributed by atoms with Crippen molar-refractivity contribution in [2.24, 2.45) is 0 Å². The van der Waals surface area contributed by atoms with Crippen LogP contribution in [0.5, 0.6) is 0 Å². The molecule has 20 heavy (non-hydrogen) atoms. The molecule has 2 N–H and O–H groups in total. The Labute approximate surface area is 114 Å². The first kappa shape index (κ1) is 13.7. The summed E-state index contributed by atoms with van der Waals surface area (Å²) in [5.74, 6) is -1.49. The van der Waals surface area contributed by atoms with E-state index in [1.54, 1.807) is 24.3 Å². The van der Waals surface area contributed by atoms with E-state index in [1.807, 2.05) is 0 Å². The third-order valence-corrected chi connectivity index (χ3v) is 2.44. The highest BCUT2D eigenvalue weighted by Crippen LogP contribution is 2.14. The molecular formula is C14H12FN3O2. The van der Waals surface area contributed by atoms with Gasteiger partial charge in [-0.05, 0) is 36.4 Å². The van der Waals surface area contributed by atoms with Gasteiger partial charge in [-0.3, -0.25) is 9.59 Å². The molecule has 0 fully saturated rings. The van der Waals surface area contributed by atoms with E-state index in [4.69, 9.17) is 0 Å². The van der Waals surface area contributed by atoms with E-state index in [9.17, 15) is 14.0 Å². The molecule has 0 radical (unpaired) electrons. The van der Waals surface area contributed by atoms with E-state index in [1.165, 1.54) is 25.3 Å². The highest BCUT2D eigenvalue weighted by atomic mass is 19.1. The second kappa shape index (κ2) is 5.92. The Kier molecular flexibility index (Phi) is 4.05. The largest absolute Gasteiger partial charge is 0.326 e. The molecular weight excluding hydrogens is 261 g/mol. The van der Waals surface area contributed by atoms with Crippen LogP contribution in [0, 0.1) is 5.82 Å². The van der Waals surface area contributed by atoms with Gasteiger partial charge >= 0.3 is 0 Å². The van der Waals surface area contributed by atoms with Crippen LogP contribution in [0.15, 0.2) is 42.6 Å². The second-order valence-electron chi connectivity index (χ2n) is 4.05. The highest BCUT2D eigenvalue weighted by molar-refractivity contribution is 6.03. The third kappa shape index (κ3) is 3.38. The molecule has 0 bridgehead atoms. The average Bonchev–Trinajstić information content (AvgIpc) is 2.41. The molecule has 2 aromatic rings. The molecule has 2 rings (SSSR count). The maximum absolute atomic E-state index is 13.4. The van der Waals surface area contributed by atoms with Crippen LogP contribution in [0.2, 0.25) is 0 Å². The lowest BCUT2D eigenvalue weighted by atomic mass is 10.2. The van der Waals surface area contributed by atoms with Gasteiger partial charge in [0.2, 0.25) is 5.91 Å². The van der Waals surface area contributed by atoms with Gasteiger partial charge in [-0.25, -0.2) is 9.37 Å². The number of halogens is 1. The van der Waals surface area contributed by atoms with Crippen LogP contribution in [-0.4, -0.2) is 16.8 Å². The summed E-state index contributed by atoms with van der Waals surface area (Å²) in [6.07, 6.45) is 1.35. The van der Waals surface area contributed by atoms with Crippen LogP contribution in [0.1, 0.15) is 17.4 Å². The van der Waals surface area contributed by atoms with Gasteiger partial charge in [0, 0.05) is 24.5 Å². The van der Waals surface area contributed by atoms with Gasteiger partial charge in [-0.2, -0.15) is 0 Å². The molecule has 0 saturated carbocycles. The van der Waals surface area contributed by atoms with Crippen molar-refractivity contribution in [3.8, 4) is 0 Å². The molecule has 1 aromatic heterocycles. The number of nitrogens with one attached hydrogen (secondary N) is 2. The number of nitrogens with zero attached hydrogens (tertiary/aromatic N) is 1. The molecule has 102 valence electrons. The first-order valence-corrected chi connectivity index (χ1v) is 5.86. The van der Waals surface area contributed by atoms with Crippen molar-refractivity contribution in [1.29, 1.82) is 0 Å². The Morgan fingerprint density at radius 1 is 1.05 bits per heavy atom. The number of pyridine rings is 1. The Morgan fingerprint density at radius 2 is 1.65 bits per heavy atom. The van der Waals surface area contributed by atoms with Crippen LogP contribution in [0.25, 0.3) is 0 Å². The smallest absolute Gasteiger partial charge is 0.277 e. The SMILES string of the molecule is CC(=O)Nc1ccc(NC(=O)c2ncccc2F)cc1. The Bertz CT molecular complexity index is 641. The minimum absolute atomic E-state index is 0.183. The monoisotopic (exact) mass is 273 g/mol. The fourth-order valence-electron chi connectivity index (χ4n) is 1.58. The summed E-state index contributed by atoms with van der Waals surface area (Å²) in [6, 6.07) is 9.04. The van der Waals surface area contributed by atoms with Crippen LogP contribution >= 0.6 is 0 Å². The number of benzene rings is 1. The van der Waals surface area contributed by atoms with E-state index in [0.717, 1.165) is 0 Å². The molecule has 2 amide bonds. The maximum Gasteiger partial charge on any atom is 0.277 e. The fraction of sp³-hybridized carbons (Fsp3) is 0.0714. The zero-order valence-electron chi connectivity index (χ0n) is 10.7. The van der Waals surface area contributed by atoms with E-state index in [-0.39, 0.29) is 11.6 Å². The topological polar surface area (TPSA) is 71.1 Å². The van der Waals surface area contributed by atoms with Gasteiger partial charge in [0.25, 0.3) is 5.91 Å². The first-order chi connectivity index (χ1) is 9.56. The van der Waals surface area contributed by atoms with E-state index in [0.29, 0.717) is 11.4 Å². The Balaban J connectivity index is 2.09. The number of anilines is 2. The van der Waals surface area contributed by atoms with Crippen LogP contribution in [-0.2, 0) is 4.79 Å². The summed E-state index contributed by atoms with van der Waals surface area (Å²) < 4.78 is 13.4. The average molecular weight is 273 g/mol. The molecule has 0 aliphatic heterocycles. The van der Waals surface area contributed by atoms with Crippen molar-refractivity contribution in [2.45, 2.75) is 6.92 Å². The van der Waals surface area contributed by atoms with Gasteiger partial charge < -0.3 is 10.6 Å². The number of hydrogen-bond acceptors (Lipinski definition) is 3. The fourth-order valence-corrected chi connectivity index (χ4v) is 1.58. The molecule has 0 saturated heterocycles. The van der Waals surface area contributed by atoms with Crippen molar-refractivity contribution < 1.29 is 14.0 Å². The lowest BCUT2D eigenvalue weighted by Crippen LogP contribution is -2.15. The van der Waals surface area contributed by atoms with Gasteiger partial charge in [0.05, 0.1) is 0 Å². The van der Waals surface area contributed by atoms with Crippen LogP contribution < -0.4 is 10.6 Å². The standard InChI is InChI=1S/C14H12FN3O2/c1-9(19)17-10-4-6-11(7-5-10)18-14(20)13-12(15)3-2-8-16-13/h2-8H,1H3,(H,17,19)(H,18,20). The van der Waals surface area contributed by atoms with Gasteiger partial charge in [-0.1, -0.05) is 0 Å². The maximum atomic E-state index is 13.4. The van der Waals surface area contributed by atoms with Crippen molar-refractivity contribution in [2.75, 3.05) is 10.6 Å². The molecule has 0 unspecified atom stereocenters. The number of rotatable bonds is 3. The van der Waals surface area contributed by atoms with E-state index in [2.05, 4.69) is 15.6 Å². The second-order valence-corrected chi connectivity index (χ2v) is 4.05. The summed E-state index contributed by atoms with van der Waals surface area (Å²) in [4.78, 5) is 26.4. The Hall–Kier alpha value is -2.76. The van der Waals surface area contributed by atoms with Crippen molar-refractivity contribution in [3.63, 3.8) is 0 Å². The molecule has 0 spiro atoms. The highest BCUT2D eigenvalue weighted by Gasteiger charge is 2.12. The molecule has 5 nitrogen and oxygen atoms in total. The molecule has 0 aliphatic carbocycles. The number of hydrogen-bond donors (Lipinski definition) is 2. The molecule has 0 atom stereocenters. The third-order valence-electron chi connectivity index (χ3n) is 2.44. The molecule has 1 aromatic carbocycles. The van der Waals surface area contributed by atoms with Crippen LogP contribution in [0.4, 0.5) is 15.8 Å². The first-order valence-electron chi connectivity index (χ1n) is 5.86. The van der Waals surface area contributed by atoms with Crippen molar-refractivity contribution >= 4 is 23.2 Å². The van der Waals surface area contributed by atoms with Gasteiger partial charge in [0.15, 0.2) is 11.5 Å². The van der Waals surface area contributed by atoms with Crippen molar-refractivity contribution in [1.82, 2.24) is 4.98 Å². The predicted molar refractivity (Wildman–Crippen MR) is 72.9 cm³/mol. The minimum Gasteiger partial charge on any atom is -0.326 e. The summed E-state index contributed by atoms with van der Waals surface area (Å²) >= 11 is 0. The molecule has 6 heteroatoms. The lowest BCUT2D eigenvalue weighted by molar-refractivity contribution is -0.114. The predicted octanol–water partition coefficient (Wildman–Crippen LogP) is 2.43. The van der Waals surface area contributed by atoms with E-state index < -0.39 is 11.7 Å². The normalized spacial score (nSPS) is 9.90. The van der Waals surface area contributed by atoms with Crippen LogP contribution in [0.3, 0.4) is 0 Å². The quantitative estimate of drug-likeness (QED) is 0.902. The van der Waals surface area contributed by atoms with Gasteiger partial charge in [-0.15, -0.1) is 0 Å². The summed E-state index contributed by atoms with van der Waals surface area (Å²) in [5, 5.41) is 5.13. The number of carbonyl (C=O) groups is 2. The number of amides is 2. The summed E-state index contributed by atoms with van der Waals surface area (Å²) in [7, 11) is 0. The molecule has 0 aliphatic rings. The summed E-state index contributed by atoms with van der Waals surface area (Å²) in [6.45, 7) is 1.40. The lowest BCUT2D eigenvalue weighted by Gasteiger charge is -2.07. The molecule has 1 heterocycles. The van der Waals surface area contributed by atoms with Gasteiger partial charge in [0.1, 0.15) is 0 Å². The van der Waals surface area contributed by atoms with Crippen molar-refractivity contribution in [3.05, 3.63) is 54.1 Å². The zero-order valence-corrected chi connectivity index (χ0v) is 10.7. The Morgan fingerprint density at radius 3 is 2.20 bits per heavy atom. The zero-order chi connectivity index (χ0) is 14.5. The number of aromatic nitrogens is 1. The summed E-state index contributed by atoms with van der Waals surface area (Å²) in [5.41, 5.74) is 0.826. The van der Waals surface area contributed by atoms with E-state index >= 15 is 0 Å². The number of carbonyl (C=O) groups excluding carboxylic acids is 2.